The summed E-state index contributed by atoms with van der Waals surface area (Å²) in [7, 11) is 0. The third kappa shape index (κ3) is 10.1. The Bertz CT molecular complexity index is 2080. The fourth-order valence-corrected chi connectivity index (χ4v) is 9.35. The molecule has 0 radical (unpaired) electrons. The number of nitro benzene ring substituents is 1. The highest BCUT2D eigenvalue weighted by atomic mass is 19.1. The molecule has 3 aromatic rings. The summed E-state index contributed by atoms with van der Waals surface area (Å²) in [6, 6.07) is 16.0. The maximum Gasteiger partial charge on any atom is 0.416 e. The van der Waals surface area contributed by atoms with Crippen molar-refractivity contribution in [1.29, 1.82) is 0 Å². The molecule has 6 atom stereocenters. The highest BCUT2D eigenvalue weighted by molar-refractivity contribution is 6.03. The van der Waals surface area contributed by atoms with E-state index in [2.05, 4.69) is 23.6 Å². The monoisotopic (exact) mass is 856 g/mol. The number of aliphatic hydroxyl groups excluding tert-OH is 2. The van der Waals surface area contributed by atoms with Gasteiger partial charge in [-0.2, -0.15) is 0 Å². The predicted molar refractivity (Wildman–Crippen MR) is 230 cm³/mol. The SMILES string of the molecule is C=CCOC12Oc3ccc(OCCN4CC4)cc3C3C(CCCCO)C(CCCCO)C=C(C(=NOCC)CC1N(Cc1ccc(F)cc1)C(=O)Oc1ccc([N+](=O)[O-])cc1)C32. The minimum Gasteiger partial charge on any atom is -0.492 e. The number of hydrogen-bond donors (Lipinski definition) is 2. The van der Waals surface area contributed by atoms with E-state index < -0.39 is 34.6 Å². The van der Waals surface area contributed by atoms with Crippen molar-refractivity contribution in [2.45, 2.75) is 76.2 Å². The number of unbranched alkanes of at least 4 members (excludes halogenated alkanes) is 2. The Labute approximate surface area is 361 Å². The molecule has 3 aromatic carbocycles. The number of oxime groups is 1. The second-order valence-electron chi connectivity index (χ2n) is 16.3. The second kappa shape index (κ2) is 20.7. The third-order valence-corrected chi connectivity index (χ3v) is 12.3. The van der Waals surface area contributed by atoms with Crippen LogP contribution in [0.3, 0.4) is 0 Å². The summed E-state index contributed by atoms with van der Waals surface area (Å²) in [5.41, 5.74) is 2.85. The zero-order valence-corrected chi connectivity index (χ0v) is 35.2. The van der Waals surface area contributed by atoms with Crippen molar-refractivity contribution < 1.29 is 48.1 Å². The van der Waals surface area contributed by atoms with Crippen molar-refractivity contribution in [2.24, 2.45) is 22.9 Å². The van der Waals surface area contributed by atoms with E-state index >= 15 is 0 Å². The number of halogens is 1. The van der Waals surface area contributed by atoms with Crippen LogP contribution in [0.1, 0.15) is 68.9 Å². The summed E-state index contributed by atoms with van der Waals surface area (Å²) >= 11 is 0. The molecular weight excluding hydrogens is 800 g/mol. The van der Waals surface area contributed by atoms with Gasteiger partial charge in [0.25, 0.3) is 5.69 Å². The third-order valence-electron chi connectivity index (χ3n) is 12.3. The summed E-state index contributed by atoms with van der Waals surface area (Å²) < 4.78 is 41.0. The summed E-state index contributed by atoms with van der Waals surface area (Å²) in [6.45, 7) is 9.72. The number of aliphatic hydroxyl groups is 2. The van der Waals surface area contributed by atoms with Crippen molar-refractivity contribution in [1.82, 2.24) is 9.80 Å². The zero-order valence-electron chi connectivity index (χ0n) is 35.2. The molecule has 1 saturated heterocycles. The van der Waals surface area contributed by atoms with E-state index in [1.165, 1.54) is 41.3 Å². The van der Waals surface area contributed by atoms with Gasteiger partial charge in [0.2, 0.25) is 5.79 Å². The molecule has 14 nitrogen and oxygen atoms in total. The van der Waals surface area contributed by atoms with Crippen LogP contribution in [0.25, 0.3) is 0 Å². The molecule has 2 fully saturated rings. The molecule has 1 amide bonds. The summed E-state index contributed by atoms with van der Waals surface area (Å²) in [6.07, 6.45) is 7.59. The van der Waals surface area contributed by atoms with Crippen LogP contribution < -0.4 is 14.2 Å². The molecule has 1 saturated carbocycles. The van der Waals surface area contributed by atoms with Crippen LogP contribution in [0.4, 0.5) is 14.9 Å². The van der Waals surface area contributed by atoms with Gasteiger partial charge in [-0.1, -0.05) is 42.3 Å². The van der Waals surface area contributed by atoms with Crippen LogP contribution >= 0.6 is 0 Å². The molecule has 7 rings (SSSR count). The minimum atomic E-state index is -1.58. The highest BCUT2D eigenvalue weighted by Crippen LogP contribution is 2.62. The number of non-ortho nitro benzene ring substituents is 1. The largest absolute Gasteiger partial charge is 0.492 e. The molecule has 2 N–H and O–H groups in total. The Balaban J connectivity index is 1.42. The van der Waals surface area contributed by atoms with Crippen molar-refractivity contribution in [3.63, 3.8) is 0 Å². The van der Waals surface area contributed by atoms with Gasteiger partial charge >= 0.3 is 6.09 Å². The molecule has 2 heterocycles. The first-order valence-corrected chi connectivity index (χ1v) is 21.7. The number of nitro groups is 1. The van der Waals surface area contributed by atoms with Crippen molar-refractivity contribution in [3.8, 4) is 17.2 Å². The average Bonchev–Trinajstić information content (AvgIpc) is 4.11. The fourth-order valence-electron chi connectivity index (χ4n) is 9.35. The van der Waals surface area contributed by atoms with Crippen molar-refractivity contribution in [2.75, 3.05) is 52.7 Å². The maximum absolute atomic E-state index is 14.9. The van der Waals surface area contributed by atoms with Gasteiger partial charge in [-0.25, -0.2) is 9.18 Å². The molecule has 0 aromatic heterocycles. The quantitative estimate of drug-likeness (QED) is 0.0333. The van der Waals surface area contributed by atoms with Crippen LogP contribution in [0.2, 0.25) is 0 Å². The predicted octanol–water partition coefficient (Wildman–Crippen LogP) is 7.78. The van der Waals surface area contributed by atoms with Crippen molar-refractivity contribution in [3.05, 3.63) is 118 Å². The van der Waals surface area contributed by atoms with Gasteiger partial charge < -0.3 is 34.0 Å². The van der Waals surface area contributed by atoms with Crippen LogP contribution in [0.15, 0.2) is 96.2 Å². The molecule has 62 heavy (non-hydrogen) atoms. The number of ether oxygens (including phenoxy) is 4. The number of carbonyl (C=O) groups is 1. The number of benzene rings is 3. The maximum atomic E-state index is 14.9. The molecule has 332 valence electrons. The number of nitrogens with zero attached hydrogens (tertiary/aromatic N) is 4. The van der Waals surface area contributed by atoms with Crippen LogP contribution in [0.5, 0.6) is 17.2 Å². The first kappa shape index (κ1) is 44.7. The molecule has 0 spiro atoms. The lowest BCUT2D eigenvalue weighted by Crippen LogP contribution is -2.70. The first-order valence-electron chi connectivity index (χ1n) is 21.7. The van der Waals surface area contributed by atoms with Gasteiger partial charge in [-0.3, -0.25) is 19.9 Å². The molecule has 15 heteroatoms. The zero-order chi connectivity index (χ0) is 43.6. The average molecular weight is 857 g/mol. The smallest absolute Gasteiger partial charge is 0.416 e. The van der Waals surface area contributed by atoms with E-state index in [4.69, 9.17) is 28.9 Å². The molecule has 6 unspecified atom stereocenters. The lowest BCUT2D eigenvalue weighted by molar-refractivity contribution is -0.384. The van der Waals surface area contributed by atoms with Gasteiger partial charge in [-0.05, 0) is 98.0 Å². The van der Waals surface area contributed by atoms with Gasteiger partial charge in [0.1, 0.15) is 42.3 Å². The number of amides is 1. The van der Waals surface area contributed by atoms with E-state index in [1.807, 2.05) is 19.1 Å². The fraction of sp³-hybridized carbons (Fsp3) is 0.489. The normalized spacial score (nSPS) is 24.2. The number of allylic oxidation sites excluding steroid dienone is 1. The second-order valence-corrected chi connectivity index (χ2v) is 16.3. The molecule has 2 aliphatic heterocycles. The van der Waals surface area contributed by atoms with Gasteiger partial charge in [-0.15, -0.1) is 6.58 Å². The van der Waals surface area contributed by atoms with E-state index in [1.54, 1.807) is 18.2 Å². The first-order chi connectivity index (χ1) is 30.2. The summed E-state index contributed by atoms with van der Waals surface area (Å²) in [5, 5.41) is 36.0. The standard InChI is InChI=1S/C47H57FN4O10/c1-3-26-59-47-43(51(31-32-11-13-34(48)14-12-32)46(55)61-36-17-15-35(16-18-36)52(56)57)30-41(49-60-4-2)39-28-33(9-5-7-24-53)38(10-6-8-25-54)44(45(39)47)40-29-37(19-20-42(40)62-47)58-27-23-50-21-22-50/h3,11-20,28-29,33,38,43-45,53-54H,1,4-10,21-27,30-31H2,2H3. The molecular formula is C47H57FN4O10. The van der Waals surface area contributed by atoms with Gasteiger partial charge in [0.05, 0.1) is 23.2 Å². The van der Waals surface area contributed by atoms with E-state index in [0.717, 1.165) is 56.5 Å². The lowest BCUT2D eigenvalue weighted by Gasteiger charge is -2.59. The molecule has 0 bridgehead atoms. The summed E-state index contributed by atoms with van der Waals surface area (Å²) in [4.78, 5) is 35.4. The Morgan fingerprint density at radius 3 is 2.45 bits per heavy atom. The molecule has 2 aliphatic carbocycles. The number of fused-ring (bicyclic) bond motifs is 2. The Morgan fingerprint density at radius 1 is 1.05 bits per heavy atom. The Kier molecular flexibility index (Phi) is 14.9. The Morgan fingerprint density at radius 2 is 1.77 bits per heavy atom. The van der Waals surface area contributed by atoms with E-state index in [-0.39, 0.29) is 68.6 Å². The van der Waals surface area contributed by atoms with Crippen LogP contribution in [0, 0.1) is 33.7 Å². The van der Waals surface area contributed by atoms with Crippen molar-refractivity contribution >= 4 is 17.5 Å². The number of hydrogen-bond acceptors (Lipinski definition) is 12. The lowest BCUT2D eigenvalue weighted by atomic mass is 9.55. The highest BCUT2D eigenvalue weighted by Gasteiger charge is 2.65. The number of rotatable bonds is 22. The molecule has 4 aliphatic rings. The summed E-state index contributed by atoms with van der Waals surface area (Å²) in [5.74, 6) is -1.47. The van der Waals surface area contributed by atoms with Crippen LogP contribution in [-0.2, 0) is 16.1 Å². The topological polar surface area (TPSA) is 165 Å². The van der Waals surface area contributed by atoms with E-state index in [9.17, 15) is 29.5 Å². The van der Waals surface area contributed by atoms with Crippen LogP contribution in [-0.4, -0.2) is 101 Å². The van der Waals surface area contributed by atoms with Gasteiger partial charge in [0, 0.05) is 69.4 Å². The minimum absolute atomic E-state index is 0.000812. The van der Waals surface area contributed by atoms with Gasteiger partial charge in [0.15, 0.2) is 0 Å². The number of carbonyl (C=O) groups excluding carboxylic acids is 1. The Hall–Kier alpha value is -5.35. The van der Waals surface area contributed by atoms with E-state index in [0.29, 0.717) is 42.2 Å².